The summed E-state index contributed by atoms with van der Waals surface area (Å²) in [6.45, 7) is 6.22. The van der Waals surface area contributed by atoms with Crippen LogP contribution in [-0.2, 0) is 14.2 Å². The van der Waals surface area contributed by atoms with E-state index in [0.29, 0.717) is 12.1 Å². The van der Waals surface area contributed by atoms with Gasteiger partial charge in [0.1, 0.15) is 0 Å². The minimum absolute atomic E-state index is 0.233. The maximum Gasteiger partial charge on any atom is 0.0933 e. The first-order valence-electron chi connectivity index (χ1n) is 6.92. The zero-order chi connectivity index (χ0) is 11.9. The van der Waals surface area contributed by atoms with Crippen molar-refractivity contribution >= 4 is 0 Å². The molecular formula is C13H25NO3. The molecular weight excluding hydrogens is 218 g/mol. The zero-order valence-corrected chi connectivity index (χ0v) is 10.8. The molecule has 3 unspecified atom stereocenters. The van der Waals surface area contributed by atoms with E-state index in [1.165, 1.54) is 12.8 Å². The van der Waals surface area contributed by atoms with E-state index in [0.717, 1.165) is 45.8 Å². The van der Waals surface area contributed by atoms with E-state index in [9.17, 15) is 0 Å². The van der Waals surface area contributed by atoms with Crippen molar-refractivity contribution in [3.63, 3.8) is 0 Å². The number of nitrogens with one attached hydrogen (secondary N) is 1. The van der Waals surface area contributed by atoms with Crippen LogP contribution < -0.4 is 5.32 Å². The van der Waals surface area contributed by atoms with Gasteiger partial charge >= 0.3 is 0 Å². The fourth-order valence-electron chi connectivity index (χ4n) is 2.54. The molecule has 0 amide bonds. The van der Waals surface area contributed by atoms with Gasteiger partial charge < -0.3 is 19.5 Å². The molecule has 0 bridgehead atoms. The van der Waals surface area contributed by atoms with Gasteiger partial charge in [-0.3, -0.25) is 0 Å². The van der Waals surface area contributed by atoms with Crippen LogP contribution in [0.3, 0.4) is 0 Å². The van der Waals surface area contributed by atoms with Gasteiger partial charge in [0.25, 0.3) is 0 Å². The molecule has 0 spiro atoms. The lowest BCUT2D eigenvalue weighted by molar-refractivity contribution is -0.0888. The van der Waals surface area contributed by atoms with Gasteiger partial charge in [-0.15, -0.1) is 0 Å². The summed E-state index contributed by atoms with van der Waals surface area (Å²) >= 11 is 0. The Morgan fingerprint density at radius 1 is 1.12 bits per heavy atom. The lowest BCUT2D eigenvalue weighted by Gasteiger charge is -2.32. The van der Waals surface area contributed by atoms with Crippen LogP contribution in [0.5, 0.6) is 0 Å². The van der Waals surface area contributed by atoms with Crippen LogP contribution in [-0.4, -0.2) is 51.2 Å². The van der Waals surface area contributed by atoms with Crippen LogP contribution in [0.2, 0.25) is 0 Å². The summed E-state index contributed by atoms with van der Waals surface area (Å²) in [5.41, 5.74) is 0. The molecule has 17 heavy (non-hydrogen) atoms. The van der Waals surface area contributed by atoms with E-state index in [1.54, 1.807) is 0 Å². The smallest absolute Gasteiger partial charge is 0.0933 e. The molecule has 100 valence electrons. The van der Waals surface area contributed by atoms with Crippen LogP contribution in [0.1, 0.15) is 32.6 Å². The molecule has 2 fully saturated rings. The maximum atomic E-state index is 5.74. The molecule has 1 N–H and O–H groups in total. The Morgan fingerprint density at radius 3 is 2.76 bits per heavy atom. The summed E-state index contributed by atoms with van der Waals surface area (Å²) in [4.78, 5) is 0. The van der Waals surface area contributed by atoms with Gasteiger partial charge in [-0.2, -0.15) is 0 Å². The number of hydrogen-bond acceptors (Lipinski definition) is 4. The quantitative estimate of drug-likeness (QED) is 0.791. The summed E-state index contributed by atoms with van der Waals surface area (Å²) in [7, 11) is 0. The van der Waals surface area contributed by atoms with Gasteiger partial charge in [-0.25, -0.2) is 0 Å². The van der Waals surface area contributed by atoms with E-state index in [4.69, 9.17) is 14.2 Å². The molecule has 2 aliphatic rings. The Kier molecular flexibility index (Phi) is 5.71. The third-order valence-corrected chi connectivity index (χ3v) is 3.50. The molecule has 0 aromatic rings. The fraction of sp³-hybridized carbons (Fsp3) is 1.00. The predicted molar refractivity (Wildman–Crippen MR) is 66.2 cm³/mol. The molecule has 2 aliphatic heterocycles. The van der Waals surface area contributed by atoms with E-state index in [1.807, 2.05) is 0 Å². The normalized spacial score (nSPS) is 34.8. The second kappa shape index (κ2) is 7.31. The summed E-state index contributed by atoms with van der Waals surface area (Å²) in [6, 6.07) is 0.589. The average molecular weight is 243 g/mol. The van der Waals surface area contributed by atoms with Crippen molar-refractivity contribution in [1.82, 2.24) is 5.32 Å². The molecule has 0 aromatic carbocycles. The average Bonchev–Trinajstić information content (AvgIpc) is 2.39. The van der Waals surface area contributed by atoms with Gasteiger partial charge in [0, 0.05) is 19.2 Å². The highest BCUT2D eigenvalue weighted by Crippen LogP contribution is 2.17. The van der Waals surface area contributed by atoms with E-state index in [-0.39, 0.29) is 6.10 Å². The highest BCUT2D eigenvalue weighted by atomic mass is 16.6. The zero-order valence-electron chi connectivity index (χ0n) is 10.8. The predicted octanol–water partition coefficient (Wildman–Crippen LogP) is 1.34. The fourth-order valence-corrected chi connectivity index (χ4v) is 2.54. The third-order valence-electron chi connectivity index (χ3n) is 3.50. The van der Waals surface area contributed by atoms with Crippen molar-refractivity contribution < 1.29 is 14.2 Å². The second-order valence-electron chi connectivity index (χ2n) is 4.98. The number of hydrogen-bond donors (Lipinski definition) is 1. The topological polar surface area (TPSA) is 39.7 Å². The lowest BCUT2D eigenvalue weighted by Crippen LogP contribution is -2.45. The van der Waals surface area contributed by atoms with Crippen molar-refractivity contribution in [1.29, 1.82) is 0 Å². The SMILES string of the molecule is CCCC1CC(NCC2COCCO2)CCO1. The van der Waals surface area contributed by atoms with Crippen molar-refractivity contribution in [2.45, 2.75) is 50.9 Å². The minimum atomic E-state index is 0.233. The van der Waals surface area contributed by atoms with Crippen molar-refractivity contribution in [2.75, 3.05) is 33.0 Å². The summed E-state index contributed by atoms with van der Waals surface area (Å²) in [5, 5.41) is 3.59. The maximum absolute atomic E-state index is 5.74. The monoisotopic (exact) mass is 243 g/mol. The van der Waals surface area contributed by atoms with Crippen molar-refractivity contribution in [3.05, 3.63) is 0 Å². The van der Waals surface area contributed by atoms with E-state index < -0.39 is 0 Å². The molecule has 2 heterocycles. The molecule has 0 aromatic heterocycles. The van der Waals surface area contributed by atoms with Crippen molar-refractivity contribution in [2.24, 2.45) is 0 Å². The van der Waals surface area contributed by atoms with Gasteiger partial charge in [0.05, 0.1) is 32.0 Å². The summed E-state index contributed by atoms with van der Waals surface area (Å²) in [6.07, 6.45) is 5.33. The first kappa shape index (κ1) is 13.3. The van der Waals surface area contributed by atoms with Gasteiger partial charge in [-0.05, 0) is 19.3 Å². The van der Waals surface area contributed by atoms with Gasteiger partial charge in [-0.1, -0.05) is 13.3 Å². The van der Waals surface area contributed by atoms with Crippen molar-refractivity contribution in [3.8, 4) is 0 Å². The standard InChI is InChI=1S/C13H25NO3/c1-2-3-12-8-11(4-5-16-12)14-9-13-10-15-6-7-17-13/h11-14H,2-10H2,1H3. The summed E-state index contributed by atoms with van der Waals surface area (Å²) < 4.78 is 16.8. The van der Waals surface area contributed by atoms with Gasteiger partial charge in [0.15, 0.2) is 0 Å². The Bertz CT molecular complexity index is 205. The molecule has 2 saturated heterocycles. The lowest BCUT2D eigenvalue weighted by atomic mass is 10.00. The highest BCUT2D eigenvalue weighted by molar-refractivity contribution is 4.78. The molecule has 4 nitrogen and oxygen atoms in total. The van der Waals surface area contributed by atoms with Crippen LogP contribution in [0.25, 0.3) is 0 Å². The second-order valence-corrected chi connectivity index (χ2v) is 4.98. The molecule has 0 radical (unpaired) electrons. The van der Waals surface area contributed by atoms with Crippen LogP contribution in [0, 0.1) is 0 Å². The summed E-state index contributed by atoms with van der Waals surface area (Å²) in [5.74, 6) is 0. The first-order valence-corrected chi connectivity index (χ1v) is 6.92. The van der Waals surface area contributed by atoms with E-state index in [2.05, 4.69) is 12.2 Å². The number of ether oxygens (including phenoxy) is 3. The van der Waals surface area contributed by atoms with Crippen LogP contribution in [0.4, 0.5) is 0 Å². The van der Waals surface area contributed by atoms with E-state index >= 15 is 0 Å². The molecule has 0 saturated carbocycles. The minimum Gasteiger partial charge on any atom is -0.378 e. The third kappa shape index (κ3) is 4.54. The molecule has 3 atom stereocenters. The molecule has 2 rings (SSSR count). The Morgan fingerprint density at radius 2 is 2.00 bits per heavy atom. The largest absolute Gasteiger partial charge is 0.378 e. The Hall–Kier alpha value is -0.160. The van der Waals surface area contributed by atoms with Gasteiger partial charge in [0.2, 0.25) is 0 Å². The molecule has 0 aliphatic carbocycles. The molecule has 4 heteroatoms. The highest BCUT2D eigenvalue weighted by Gasteiger charge is 2.23. The first-order chi connectivity index (χ1) is 8.38. The Labute approximate surface area is 104 Å². The van der Waals surface area contributed by atoms with Crippen LogP contribution in [0.15, 0.2) is 0 Å². The van der Waals surface area contributed by atoms with Crippen LogP contribution >= 0.6 is 0 Å². The Balaban J connectivity index is 1.64. The number of rotatable bonds is 5.